The zero-order chi connectivity index (χ0) is 37.8. The van der Waals surface area contributed by atoms with Crippen molar-refractivity contribution in [2.24, 2.45) is 4.99 Å². The average molecular weight is 905 g/mol. The molecule has 0 radical (unpaired) electrons. The number of pyridine rings is 1. The van der Waals surface area contributed by atoms with Gasteiger partial charge in [-0.2, -0.15) is 6.07 Å². The van der Waals surface area contributed by atoms with Crippen molar-refractivity contribution in [1.82, 2.24) is 9.55 Å². The van der Waals surface area contributed by atoms with Crippen LogP contribution in [0.1, 0.15) is 107 Å². The van der Waals surface area contributed by atoms with Crippen LogP contribution in [0.25, 0.3) is 27.6 Å². The molecular formula is C49H47N3O2Pt. The van der Waals surface area contributed by atoms with Gasteiger partial charge in [-0.05, 0) is 62.6 Å². The minimum Gasteiger partial charge on any atom is -0.510 e. The third-order valence-corrected chi connectivity index (χ3v) is 10.4. The average Bonchev–Trinajstić information content (AvgIpc) is 3.75. The SMILES string of the molecule is CC(C)c1cc(Oc2[c-]c3c(cc2)c2cc(C(C)(C)C)ccc2n3-c2cc(C(C)(C)C)ccn2)[c-]c(C2=N[C@H](c3ccccc3)[C@H](c3ccccc3)O2)c1.[Pt+2]. The molecule has 2 aromatic heterocycles. The van der Waals surface area contributed by atoms with Gasteiger partial charge in [0.15, 0.2) is 0 Å². The van der Waals surface area contributed by atoms with E-state index in [0.29, 0.717) is 17.4 Å². The smallest absolute Gasteiger partial charge is 0.510 e. The first-order valence-corrected chi connectivity index (χ1v) is 18.9. The molecular weight excluding hydrogens is 858 g/mol. The topological polar surface area (TPSA) is 48.6 Å². The maximum Gasteiger partial charge on any atom is 2.00 e. The molecule has 0 spiro atoms. The number of ether oxygens (including phenoxy) is 2. The quantitative estimate of drug-likeness (QED) is 0.150. The number of hydrogen-bond acceptors (Lipinski definition) is 4. The van der Waals surface area contributed by atoms with Crippen LogP contribution in [0.3, 0.4) is 0 Å². The van der Waals surface area contributed by atoms with Crippen molar-refractivity contribution in [3.05, 3.63) is 167 Å². The summed E-state index contributed by atoms with van der Waals surface area (Å²) in [7, 11) is 0. The number of aromatic nitrogens is 2. The van der Waals surface area contributed by atoms with Crippen LogP contribution in [-0.2, 0) is 36.6 Å². The fourth-order valence-corrected chi connectivity index (χ4v) is 7.22. The van der Waals surface area contributed by atoms with E-state index in [-0.39, 0.29) is 50.0 Å². The monoisotopic (exact) mass is 904 g/mol. The van der Waals surface area contributed by atoms with Crippen LogP contribution >= 0.6 is 0 Å². The summed E-state index contributed by atoms with van der Waals surface area (Å²) in [6.45, 7) is 17.8. The minimum atomic E-state index is -0.258. The van der Waals surface area contributed by atoms with Gasteiger partial charge in [-0.15, -0.1) is 29.1 Å². The van der Waals surface area contributed by atoms with E-state index in [1.165, 1.54) is 11.1 Å². The van der Waals surface area contributed by atoms with Crippen LogP contribution in [0.2, 0.25) is 0 Å². The molecule has 0 N–H and O–H groups in total. The third kappa shape index (κ3) is 7.65. The van der Waals surface area contributed by atoms with Gasteiger partial charge in [0, 0.05) is 23.2 Å². The normalized spacial score (nSPS) is 15.9. The summed E-state index contributed by atoms with van der Waals surface area (Å²) in [4.78, 5) is 10.1. The van der Waals surface area contributed by atoms with Gasteiger partial charge < -0.3 is 14.0 Å². The molecule has 55 heavy (non-hydrogen) atoms. The first kappa shape index (κ1) is 38.3. The maximum absolute atomic E-state index is 6.71. The van der Waals surface area contributed by atoms with Crippen LogP contribution in [0.15, 0.2) is 126 Å². The largest absolute Gasteiger partial charge is 2.00 e. The molecule has 0 unspecified atom stereocenters. The molecule has 0 aliphatic carbocycles. The van der Waals surface area contributed by atoms with E-state index in [1.54, 1.807) is 0 Å². The molecule has 5 aromatic carbocycles. The molecule has 6 heteroatoms. The van der Waals surface area contributed by atoms with Crippen molar-refractivity contribution < 1.29 is 30.5 Å². The van der Waals surface area contributed by atoms with Crippen molar-refractivity contribution >= 4 is 27.7 Å². The Kier molecular flexibility index (Phi) is 10.4. The second-order valence-electron chi connectivity index (χ2n) is 16.7. The number of hydrogen-bond donors (Lipinski definition) is 0. The van der Waals surface area contributed by atoms with Gasteiger partial charge in [-0.25, -0.2) is 4.98 Å². The molecule has 8 rings (SSSR count). The minimum absolute atomic E-state index is 0. The molecule has 0 bridgehead atoms. The fraction of sp³-hybridized carbons (Fsp3) is 0.265. The Morgan fingerprint density at radius 2 is 1.36 bits per heavy atom. The molecule has 0 fully saturated rings. The second kappa shape index (κ2) is 14.9. The number of aliphatic imine (C=N–C) groups is 1. The van der Waals surface area contributed by atoms with Crippen LogP contribution in [0.5, 0.6) is 11.5 Å². The number of benzene rings is 5. The Morgan fingerprint density at radius 1 is 0.691 bits per heavy atom. The zero-order valence-electron chi connectivity index (χ0n) is 32.8. The zero-order valence-corrected chi connectivity index (χ0v) is 35.0. The number of nitrogens with zero attached hydrogens (tertiary/aromatic N) is 3. The molecule has 7 aromatic rings. The Morgan fingerprint density at radius 3 is 2.04 bits per heavy atom. The summed E-state index contributed by atoms with van der Waals surface area (Å²) in [5, 5.41) is 2.26. The molecule has 1 aliphatic heterocycles. The van der Waals surface area contributed by atoms with Gasteiger partial charge >= 0.3 is 21.1 Å². The standard InChI is InChI=1S/C49H47N3O2.Pt/c1-31(2)34-25-35(47-51-45(32-15-11-9-12-16-32)46(54-47)33-17-13-10-14-18-33)27-39(26-34)53-38-20-21-40-41-28-36(48(3,4)5)19-22-42(41)52(43(40)30-38)44-29-37(23-24-50-44)49(6,7)8;/h9-26,28-29,31,45-46H,1-8H3;/q-2;+2/t45-,46+;/m1./s1. The Bertz CT molecular complexity index is 2510. The van der Waals surface area contributed by atoms with E-state index in [1.807, 2.05) is 36.5 Å². The molecule has 0 amide bonds. The Hall–Kier alpha value is -4.99. The summed E-state index contributed by atoms with van der Waals surface area (Å²) >= 11 is 0. The van der Waals surface area contributed by atoms with Crippen molar-refractivity contribution in [1.29, 1.82) is 0 Å². The van der Waals surface area contributed by atoms with E-state index in [4.69, 9.17) is 19.5 Å². The first-order chi connectivity index (χ1) is 25.8. The van der Waals surface area contributed by atoms with Gasteiger partial charge in [0.1, 0.15) is 23.9 Å². The van der Waals surface area contributed by atoms with E-state index >= 15 is 0 Å². The van der Waals surface area contributed by atoms with Crippen LogP contribution < -0.4 is 4.74 Å². The first-order valence-electron chi connectivity index (χ1n) is 18.9. The predicted octanol–water partition coefficient (Wildman–Crippen LogP) is 12.5. The molecule has 1 aliphatic rings. The predicted molar refractivity (Wildman–Crippen MR) is 220 cm³/mol. The van der Waals surface area contributed by atoms with Crippen LogP contribution in [0, 0.1) is 12.1 Å². The third-order valence-electron chi connectivity index (χ3n) is 10.4. The van der Waals surface area contributed by atoms with Gasteiger partial charge in [0.2, 0.25) is 0 Å². The summed E-state index contributed by atoms with van der Waals surface area (Å²) in [6, 6.07) is 47.1. The summed E-state index contributed by atoms with van der Waals surface area (Å²) in [5.41, 5.74) is 8.52. The van der Waals surface area contributed by atoms with E-state index in [0.717, 1.165) is 49.9 Å². The van der Waals surface area contributed by atoms with Crippen LogP contribution in [0.4, 0.5) is 0 Å². The van der Waals surface area contributed by atoms with Crippen LogP contribution in [-0.4, -0.2) is 15.4 Å². The summed E-state index contributed by atoms with van der Waals surface area (Å²) in [5.74, 6) is 2.83. The van der Waals surface area contributed by atoms with Crippen molar-refractivity contribution in [2.75, 3.05) is 0 Å². The van der Waals surface area contributed by atoms with Crippen molar-refractivity contribution in [3.63, 3.8) is 0 Å². The van der Waals surface area contributed by atoms with E-state index in [9.17, 15) is 0 Å². The molecule has 280 valence electrons. The van der Waals surface area contributed by atoms with E-state index < -0.39 is 0 Å². The molecule has 0 saturated carbocycles. The molecule has 5 nitrogen and oxygen atoms in total. The number of fused-ring (bicyclic) bond motifs is 3. The Balaban J connectivity index is 0.00000465. The molecule has 3 heterocycles. The van der Waals surface area contributed by atoms with Gasteiger partial charge in [-0.3, -0.25) is 4.99 Å². The maximum atomic E-state index is 6.71. The molecule has 2 atom stereocenters. The molecule has 0 saturated heterocycles. The summed E-state index contributed by atoms with van der Waals surface area (Å²) < 4.78 is 15.6. The van der Waals surface area contributed by atoms with E-state index in [2.05, 4.69) is 157 Å². The number of rotatable bonds is 7. The van der Waals surface area contributed by atoms with Crippen molar-refractivity contribution in [2.45, 2.75) is 84.3 Å². The van der Waals surface area contributed by atoms with Crippen molar-refractivity contribution in [3.8, 4) is 17.3 Å². The van der Waals surface area contributed by atoms with Gasteiger partial charge in [0.25, 0.3) is 0 Å². The second-order valence-corrected chi connectivity index (χ2v) is 16.7. The fourth-order valence-electron chi connectivity index (χ4n) is 7.22. The summed E-state index contributed by atoms with van der Waals surface area (Å²) in [6.07, 6.45) is 1.65. The van der Waals surface area contributed by atoms with Gasteiger partial charge in [0.05, 0.1) is 0 Å². The van der Waals surface area contributed by atoms with Gasteiger partial charge in [-0.1, -0.05) is 151 Å². The Labute approximate surface area is 339 Å².